The van der Waals surface area contributed by atoms with Gasteiger partial charge < -0.3 is 9.84 Å². The van der Waals surface area contributed by atoms with Gasteiger partial charge in [0.2, 0.25) is 0 Å². The van der Waals surface area contributed by atoms with E-state index in [9.17, 15) is 9.90 Å². The van der Waals surface area contributed by atoms with E-state index in [1.807, 2.05) is 12.1 Å². The molecule has 13 heavy (non-hydrogen) atoms. The van der Waals surface area contributed by atoms with Crippen molar-refractivity contribution in [2.75, 3.05) is 0 Å². The van der Waals surface area contributed by atoms with Crippen molar-refractivity contribution in [1.29, 1.82) is 0 Å². The van der Waals surface area contributed by atoms with Crippen molar-refractivity contribution in [3.63, 3.8) is 0 Å². The lowest BCUT2D eigenvalue weighted by Crippen LogP contribution is -2.38. The van der Waals surface area contributed by atoms with Crippen LogP contribution in [0.2, 0.25) is 0 Å². The number of carbonyl (C=O) groups is 1. The molecule has 3 heteroatoms. The lowest BCUT2D eigenvalue weighted by atomic mass is 9.90. The molecule has 3 nitrogen and oxygen atoms in total. The number of aliphatic hydroxyl groups is 1. The molecule has 0 bridgehead atoms. The van der Waals surface area contributed by atoms with Crippen LogP contribution in [0.3, 0.4) is 0 Å². The Balaban J connectivity index is 2.59. The molecule has 0 fully saturated rings. The molecule has 1 unspecified atom stereocenters. The summed E-state index contributed by atoms with van der Waals surface area (Å²) in [5.74, 6) is -0.578. The third-order valence-corrected chi connectivity index (χ3v) is 2.30. The number of cyclic esters (lactones) is 1. The van der Waals surface area contributed by atoms with Gasteiger partial charge in [0.15, 0.2) is 5.60 Å². The Morgan fingerprint density at radius 1 is 1.46 bits per heavy atom. The van der Waals surface area contributed by atoms with Crippen LogP contribution in [-0.2, 0) is 21.7 Å². The molecule has 1 aromatic rings. The number of esters is 1. The average molecular weight is 178 g/mol. The first kappa shape index (κ1) is 8.26. The van der Waals surface area contributed by atoms with Gasteiger partial charge in [0.25, 0.3) is 0 Å². The van der Waals surface area contributed by atoms with Crippen LogP contribution in [0.4, 0.5) is 0 Å². The van der Waals surface area contributed by atoms with Crippen LogP contribution in [0.15, 0.2) is 24.3 Å². The molecule has 1 aliphatic rings. The summed E-state index contributed by atoms with van der Waals surface area (Å²) in [6, 6.07) is 7.24. The second-order valence-electron chi connectivity index (χ2n) is 3.31. The fraction of sp³-hybridized carbons (Fsp3) is 0.300. The van der Waals surface area contributed by atoms with Gasteiger partial charge in [0.05, 0.1) is 0 Å². The van der Waals surface area contributed by atoms with Crippen molar-refractivity contribution in [2.24, 2.45) is 0 Å². The van der Waals surface area contributed by atoms with E-state index >= 15 is 0 Å². The maximum Gasteiger partial charge on any atom is 0.342 e. The lowest BCUT2D eigenvalue weighted by molar-refractivity contribution is -0.169. The highest BCUT2D eigenvalue weighted by Gasteiger charge is 2.39. The number of fused-ring (bicyclic) bond motifs is 1. The molecular formula is C10H10O3. The SMILES string of the molecule is CC1(O)C(=O)OCc2ccccc21. The van der Waals surface area contributed by atoms with E-state index in [1.54, 1.807) is 12.1 Å². The monoisotopic (exact) mass is 178 g/mol. The average Bonchev–Trinajstić information content (AvgIpc) is 2.13. The van der Waals surface area contributed by atoms with Crippen molar-refractivity contribution >= 4 is 5.97 Å². The summed E-state index contributed by atoms with van der Waals surface area (Å²) in [7, 11) is 0. The van der Waals surface area contributed by atoms with E-state index in [0.29, 0.717) is 5.56 Å². The molecule has 0 spiro atoms. The standard InChI is InChI=1S/C10H10O3/c1-10(12)8-5-3-2-4-7(8)6-13-9(10)11/h2-5,12H,6H2,1H3. The topological polar surface area (TPSA) is 46.5 Å². The van der Waals surface area contributed by atoms with Crippen LogP contribution in [0.25, 0.3) is 0 Å². The zero-order valence-electron chi connectivity index (χ0n) is 7.28. The van der Waals surface area contributed by atoms with E-state index in [-0.39, 0.29) is 6.61 Å². The third kappa shape index (κ3) is 1.12. The Labute approximate surface area is 76.0 Å². The second-order valence-corrected chi connectivity index (χ2v) is 3.31. The van der Waals surface area contributed by atoms with Gasteiger partial charge in [-0.25, -0.2) is 4.79 Å². The molecule has 1 aromatic carbocycles. The minimum atomic E-state index is -1.49. The Bertz CT molecular complexity index is 355. The molecule has 0 radical (unpaired) electrons. The number of hydrogen-bond acceptors (Lipinski definition) is 3. The first-order valence-electron chi connectivity index (χ1n) is 4.10. The minimum absolute atomic E-state index is 0.255. The fourth-order valence-electron chi connectivity index (χ4n) is 1.51. The van der Waals surface area contributed by atoms with Crippen LogP contribution < -0.4 is 0 Å². The van der Waals surface area contributed by atoms with E-state index in [4.69, 9.17) is 4.74 Å². The third-order valence-electron chi connectivity index (χ3n) is 2.30. The Hall–Kier alpha value is -1.35. The van der Waals surface area contributed by atoms with E-state index in [0.717, 1.165) is 5.56 Å². The van der Waals surface area contributed by atoms with Gasteiger partial charge in [-0.1, -0.05) is 24.3 Å². The molecule has 0 aromatic heterocycles. The van der Waals surface area contributed by atoms with E-state index in [1.165, 1.54) is 6.92 Å². The van der Waals surface area contributed by atoms with Crippen molar-refractivity contribution < 1.29 is 14.6 Å². The van der Waals surface area contributed by atoms with Crippen LogP contribution >= 0.6 is 0 Å². The zero-order chi connectivity index (χ0) is 9.47. The number of carbonyl (C=O) groups excluding carboxylic acids is 1. The number of rotatable bonds is 0. The molecule has 1 heterocycles. The summed E-state index contributed by atoms with van der Waals surface area (Å²) in [6.07, 6.45) is 0. The molecule has 1 N–H and O–H groups in total. The van der Waals surface area contributed by atoms with Crippen molar-refractivity contribution in [3.8, 4) is 0 Å². The Kier molecular flexibility index (Phi) is 1.63. The lowest BCUT2D eigenvalue weighted by Gasteiger charge is -2.28. The molecule has 1 aliphatic heterocycles. The Morgan fingerprint density at radius 3 is 2.92 bits per heavy atom. The van der Waals surface area contributed by atoms with Gasteiger partial charge in [-0.3, -0.25) is 0 Å². The quantitative estimate of drug-likeness (QED) is 0.602. The summed E-state index contributed by atoms with van der Waals surface area (Å²) >= 11 is 0. The van der Waals surface area contributed by atoms with Crippen LogP contribution in [0, 0.1) is 0 Å². The van der Waals surface area contributed by atoms with Crippen LogP contribution in [0.5, 0.6) is 0 Å². The highest BCUT2D eigenvalue weighted by Crippen LogP contribution is 2.30. The molecule has 68 valence electrons. The number of hydrogen-bond donors (Lipinski definition) is 1. The molecule has 0 amide bonds. The fourth-order valence-corrected chi connectivity index (χ4v) is 1.51. The maximum atomic E-state index is 11.2. The minimum Gasteiger partial charge on any atom is -0.458 e. The summed E-state index contributed by atoms with van der Waals surface area (Å²) in [5.41, 5.74) is 0.0211. The molecule has 2 rings (SSSR count). The van der Waals surface area contributed by atoms with Crippen LogP contribution in [0.1, 0.15) is 18.1 Å². The van der Waals surface area contributed by atoms with E-state index < -0.39 is 11.6 Å². The van der Waals surface area contributed by atoms with Gasteiger partial charge in [-0.05, 0) is 12.5 Å². The molecule has 0 saturated heterocycles. The first-order chi connectivity index (χ1) is 6.12. The highest BCUT2D eigenvalue weighted by atomic mass is 16.6. The van der Waals surface area contributed by atoms with Crippen molar-refractivity contribution in [3.05, 3.63) is 35.4 Å². The van der Waals surface area contributed by atoms with E-state index in [2.05, 4.69) is 0 Å². The van der Waals surface area contributed by atoms with Gasteiger partial charge >= 0.3 is 5.97 Å². The smallest absolute Gasteiger partial charge is 0.342 e. The molecule has 1 atom stereocenters. The predicted octanol–water partition coefficient (Wildman–Crippen LogP) is 0.951. The molecule has 0 aliphatic carbocycles. The largest absolute Gasteiger partial charge is 0.458 e. The molecular weight excluding hydrogens is 168 g/mol. The summed E-state index contributed by atoms with van der Waals surface area (Å²) in [4.78, 5) is 11.2. The maximum absolute atomic E-state index is 11.2. The van der Waals surface area contributed by atoms with Crippen molar-refractivity contribution in [1.82, 2.24) is 0 Å². The first-order valence-corrected chi connectivity index (χ1v) is 4.10. The number of ether oxygens (including phenoxy) is 1. The van der Waals surface area contributed by atoms with Crippen molar-refractivity contribution in [2.45, 2.75) is 19.1 Å². The van der Waals surface area contributed by atoms with Gasteiger partial charge in [0.1, 0.15) is 6.61 Å². The normalized spacial score (nSPS) is 26.5. The zero-order valence-corrected chi connectivity index (χ0v) is 7.28. The number of benzene rings is 1. The van der Waals surface area contributed by atoms with Crippen LogP contribution in [-0.4, -0.2) is 11.1 Å². The molecule has 0 saturated carbocycles. The Morgan fingerprint density at radius 2 is 2.15 bits per heavy atom. The highest BCUT2D eigenvalue weighted by molar-refractivity contribution is 5.82. The van der Waals surface area contributed by atoms with Gasteiger partial charge in [-0.2, -0.15) is 0 Å². The summed E-state index contributed by atoms with van der Waals surface area (Å²) < 4.78 is 4.83. The van der Waals surface area contributed by atoms with Gasteiger partial charge in [-0.15, -0.1) is 0 Å². The second kappa shape index (κ2) is 2.57. The summed E-state index contributed by atoms with van der Waals surface area (Å²) in [6.45, 7) is 1.71. The predicted molar refractivity (Wildman–Crippen MR) is 45.8 cm³/mol. The van der Waals surface area contributed by atoms with Gasteiger partial charge in [0, 0.05) is 5.56 Å². The summed E-state index contributed by atoms with van der Waals surface area (Å²) in [5, 5.41) is 9.82.